The molecule has 1 nitrogen and oxygen atoms in total. The number of carbonyl (C=O) groups excluding carboxylic acids is 1. The van der Waals surface area contributed by atoms with Gasteiger partial charge in [0.1, 0.15) is 5.82 Å². The highest BCUT2D eigenvalue weighted by Crippen LogP contribution is 2.30. The van der Waals surface area contributed by atoms with Gasteiger partial charge in [-0.2, -0.15) is 0 Å². The first-order chi connectivity index (χ1) is 6.32. The molecule has 0 saturated heterocycles. The van der Waals surface area contributed by atoms with Gasteiger partial charge in [-0.15, -0.1) is 0 Å². The molecule has 0 amide bonds. The molecule has 0 heterocycles. The Morgan fingerprint density at radius 3 is 2.36 bits per heavy atom. The van der Waals surface area contributed by atoms with Gasteiger partial charge in [-0.05, 0) is 25.1 Å². The molecule has 1 rings (SSSR count). The second kappa shape index (κ2) is 3.44. The Morgan fingerprint density at radius 2 is 1.93 bits per heavy atom. The molecule has 0 aliphatic carbocycles. The summed E-state index contributed by atoms with van der Waals surface area (Å²) in [4.78, 5) is 11.0. The fourth-order valence-electron chi connectivity index (χ4n) is 1.19. The van der Waals surface area contributed by atoms with Crippen molar-refractivity contribution in [1.82, 2.24) is 0 Å². The highest BCUT2D eigenvalue weighted by Gasteiger charge is 2.28. The van der Waals surface area contributed by atoms with Crippen molar-refractivity contribution < 1.29 is 18.0 Å². The lowest BCUT2D eigenvalue weighted by Crippen LogP contribution is -2.13. The number of benzene rings is 1. The maximum Gasteiger partial charge on any atom is 0.271 e. The van der Waals surface area contributed by atoms with Crippen molar-refractivity contribution >= 4 is 5.78 Å². The van der Waals surface area contributed by atoms with E-state index in [0.29, 0.717) is 6.92 Å². The number of rotatable bonds is 2. The number of hydrogen-bond donors (Lipinski definition) is 0. The third-order valence-electron chi connectivity index (χ3n) is 1.83. The van der Waals surface area contributed by atoms with Gasteiger partial charge < -0.3 is 0 Å². The molecular weight excluding hydrogens is 193 g/mol. The minimum Gasteiger partial charge on any atom is -0.294 e. The summed E-state index contributed by atoms with van der Waals surface area (Å²) in [7, 11) is 0. The predicted octanol–water partition coefficient (Wildman–Crippen LogP) is 3.14. The average Bonchev–Trinajstić information content (AvgIpc) is 2.01. The Kier molecular flexibility index (Phi) is 2.64. The number of alkyl halides is 2. The number of halogens is 3. The molecule has 1 aromatic carbocycles. The molecule has 0 radical (unpaired) electrons. The summed E-state index contributed by atoms with van der Waals surface area (Å²) in [6.07, 6.45) is 0. The number of Topliss-reactive ketones (excluding diaryl/α,β-unsaturated/α-hetero) is 1. The third kappa shape index (κ3) is 2.13. The SMILES string of the molecule is CC(=O)c1cc(F)ccc1C(C)(F)F. The van der Waals surface area contributed by atoms with E-state index in [1.54, 1.807) is 0 Å². The van der Waals surface area contributed by atoms with Crippen LogP contribution >= 0.6 is 0 Å². The van der Waals surface area contributed by atoms with Crippen LogP contribution in [0, 0.1) is 5.82 Å². The Morgan fingerprint density at radius 1 is 1.36 bits per heavy atom. The van der Waals surface area contributed by atoms with Crippen LogP contribution < -0.4 is 0 Å². The van der Waals surface area contributed by atoms with Crippen LogP contribution in [0.5, 0.6) is 0 Å². The van der Waals surface area contributed by atoms with Gasteiger partial charge in [-0.25, -0.2) is 13.2 Å². The molecular formula is C10H9F3O. The topological polar surface area (TPSA) is 17.1 Å². The molecule has 0 N–H and O–H groups in total. The van der Waals surface area contributed by atoms with E-state index in [9.17, 15) is 18.0 Å². The van der Waals surface area contributed by atoms with Gasteiger partial charge in [-0.1, -0.05) is 0 Å². The smallest absolute Gasteiger partial charge is 0.271 e. The largest absolute Gasteiger partial charge is 0.294 e. The summed E-state index contributed by atoms with van der Waals surface area (Å²) in [5.74, 6) is -4.39. The van der Waals surface area contributed by atoms with Crippen LogP contribution in [0.15, 0.2) is 18.2 Å². The highest BCUT2D eigenvalue weighted by atomic mass is 19.3. The third-order valence-corrected chi connectivity index (χ3v) is 1.83. The Labute approximate surface area is 79.5 Å². The van der Waals surface area contributed by atoms with Crippen LogP contribution in [0.4, 0.5) is 13.2 Å². The van der Waals surface area contributed by atoms with E-state index in [2.05, 4.69) is 0 Å². The van der Waals surface area contributed by atoms with E-state index in [1.165, 1.54) is 0 Å². The van der Waals surface area contributed by atoms with E-state index >= 15 is 0 Å². The fraction of sp³-hybridized carbons (Fsp3) is 0.300. The van der Waals surface area contributed by atoms with Crippen molar-refractivity contribution in [3.8, 4) is 0 Å². The summed E-state index contributed by atoms with van der Waals surface area (Å²) in [6.45, 7) is 1.80. The average molecular weight is 202 g/mol. The lowest BCUT2D eigenvalue weighted by molar-refractivity contribution is 0.0164. The minimum absolute atomic E-state index is 0.266. The molecule has 0 saturated carbocycles. The summed E-state index contributed by atoms with van der Waals surface area (Å²) < 4.78 is 38.6. The van der Waals surface area contributed by atoms with Gasteiger partial charge >= 0.3 is 0 Å². The summed E-state index contributed by atoms with van der Waals surface area (Å²) >= 11 is 0. The van der Waals surface area contributed by atoms with Gasteiger partial charge in [0.25, 0.3) is 5.92 Å². The van der Waals surface area contributed by atoms with E-state index in [-0.39, 0.29) is 5.56 Å². The van der Waals surface area contributed by atoms with Crippen LogP contribution in [0.1, 0.15) is 29.8 Å². The Hall–Kier alpha value is -1.32. The number of carbonyl (C=O) groups is 1. The van der Waals surface area contributed by atoms with Crippen LogP contribution in [-0.2, 0) is 5.92 Å². The summed E-state index contributed by atoms with van der Waals surface area (Å²) in [6, 6.07) is 2.68. The van der Waals surface area contributed by atoms with Gasteiger partial charge in [0, 0.05) is 18.1 Å². The molecule has 1 aromatic rings. The summed E-state index contributed by atoms with van der Waals surface area (Å²) in [5.41, 5.74) is -0.705. The monoisotopic (exact) mass is 202 g/mol. The first-order valence-corrected chi connectivity index (χ1v) is 4.01. The first kappa shape index (κ1) is 10.8. The fourth-order valence-corrected chi connectivity index (χ4v) is 1.19. The van der Waals surface area contributed by atoms with Crippen LogP contribution in [0.2, 0.25) is 0 Å². The lowest BCUT2D eigenvalue weighted by atomic mass is 10.00. The molecule has 0 unspecified atom stereocenters. The van der Waals surface area contributed by atoms with Crippen molar-refractivity contribution in [3.63, 3.8) is 0 Å². The molecule has 0 fully saturated rings. The normalized spacial score (nSPS) is 11.5. The molecule has 14 heavy (non-hydrogen) atoms. The van der Waals surface area contributed by atoms with Crippen molar-refractivity contribution in [2.45, 2.75) is 19.8 Å². The van der Waals surface area contributed by atoms with Crippen molar-refractivity contribution in [3.05, 3.63) is 35.1 Å². The van der Waals surface area contributed by atoms with E-state index in [1.807, 2.05) is 0 Å². The van der Waals surface area contributed by atoms with Crippen molar-refractivity contribution in [2.24, 2.45) is 0 Å². The second-order valence-electron chi connectivity index (χ2n) is 3.13. The molecule has 0 spiro atoms. The van der Waals surface area contributed by atoms with Crippen LogP contribution in [0.25, 0.3) is 0 Å². The van der Waals surface area contributed by atoms with Gasteiger partial charge in [0.05, 0.1) is 0 Å². The van der Waals surface area contributed by atoms with E-state index in [4.69, 9.17) is 0 Å². The van der Waals surface area contributed by atoms with Gasteiger partial charge in [0.15, 0.2) is 5.78 Å². The number of ketones is 1. The lowest BCUT2D eigenvalue weighted by Gasteiger charge is -2.13. The first-order valence-electron chi connectivity index (χ1n) is 4.01. The maximum absolute atomic E-state index is 12.9. The predicted molar refractivity (Wildman–Crippen MR) is 46.0 cm³/mol. The quantitative estimate of drug-likeness (QED) is 0.673. The van der Waals surface area contributed by atoms with Gasteiger partial charge in [-0.3, -0.25) is 4.79 Å². The molecule has 0 aliphatic heterocycles. The summed E-state index contributed by atoms with van der Waals surface area (Å²) in [5, 5.41) is 0. The maximum atomic E-state index is 12.9. The second-order valence-corrected chi connectivity index (χ2v) is 3.13. The van der Waals surface area contributed by atoms with E-state index in [0.717, 1.165) is 25.1 Å². The van der Waals surface area contributed by atoms with E-state index < -0.39 is 23.1 Å². The minimum atomic E-state index is -3.13. The van der Waals surface area contributed by atoms with Crippen molar-refractivity contribution in [1.29, 1.82) is 0 Å². The molecule has 4 heteroatoms. The van der Waals surface area contributed by atoms with Gasteiger partial charge in [0.2, 0.25) is 0 Å². The molecule has 0 aliphatic rings. The van der Waals surface area contributed by atoms with Crippen molar-refractivity contribution in [2.75, 3.05) is 0 Å². The molecule has 0 aromatic heterocycles. The zero-order valence-corrected chi connectivity index (χ0v) is 7.77. The zero-order valence-electron chi connectivity index (χ0n) is 7.77. The Balaban J connectivity index is 3.37. The zero-order chi connectivity index (χ0) is 10.9. The Bertz CT molecular complexity index is 366. The standard InChI is InChI=1S/C10H9F3O/c1-6(14)8-5-7(11)3-4-9(8)10(2,12)13/h3-5H,1-2H3. The molecule has 76 valence electrons. The number of hydrogen-bond acceptors (Lipinski definition) is 1. The highest BCUT2D eigenvalue weighted by molar-refractivity contribution is 5.95. The molecule has 0 atom stereocenters. The molecule has 0 bridgehead atoms. The van der Waals surface area contributed by atoms with Crippen LogP contribution in [0.3, 0.4) is 0 Å². The van der Waals surface area contributed by atoms with Crippen LogP contribution in [-0.4, -0.2) is 5.78 Å².